The van der Waals surface area contributed by atoms with E-state index in [0.29, 0.717) is 17.5 Å². The van der Waals surface area contributed by atoms with Crippen LogP contribution in [0.1, 0.15) is 24.3 Å². The van der Waals surface area contributed by atoms with Crippen LogP contribution in [-0.4, -0.2) is 43.4 Å². The molecule has 3 aromatic heterocycles. The molecule has 0 bridgehead atoms. The number of rotatable bonds is 8. The van der Waals surface area contributed by atoms with E-state index in [1.54, 1.807) is 23.6 Å². The largest absolute Gasteiger partial charge is 0.467 e. The Bertz CT molecular complexity index is 1110. The number of carbonyl (C=O) groups is 1. The van der Waals surface area contributed by atoms with Gasteiger partial charge in [-0.2, -0.15) is 0 Å². The van der Waals surface area contributed by atoms with E-state index in [2.05, 4.69) is 15.2 Å². The van der Waals surface area contributed by atoms with E-state index in [1.165, 1.54) is 11.8 Å². The maximum atomic E-state index is 12.9. The van der Waals surface area contributed by atoms with Crippen molar-refractivity contribution in [2.45, 2.75) is 24.7 Å². The van der Waals surface area contributed by atoms with Crippen molar-refractivity contribution in [2.24, 2.45) is 0 Å². The van der Waals surface area contributed by atoms with Crippen molar-refractivity contribution in [3.05, 3.63) is 84.6 Å². The minimum absolute atomic E-state index is 0.0114. The van der Waals surface area contributed by atoms with Crippen LogP contribution in [0.2, 0.25) is 0 Å². The maximum Gasteiger partial charge on any atom is 0.233 e. The molecule has 0 saturated carbocycles. The number of nitrogens with zero attached hydrogens (tertiary/aromatic N) is 5. The summed E-state index contributed by atoms with van der Waals surface area (Å²) in [5.74, 6) is 1.79. The SMILES string of the molecule is C[C@H](c1ccccc1)N(C)C(=O)CSc1nnc(-c2ccncc2)n1Cc1ccco1. The molecule has 7 nitrogen and oxygen atoms in total. The van der Waals surface area contributed by atoms with Crippen molar-refractivity contribution in [3.8, 4) is 11.4 Å². The highest BCUT2D eigenvalue weighted by atomic mass is 32.2. The van der Waals surface area contributed by atoms with Crippen LogP contribution in [0.15, 0.2) is 82.8 Å². The van der Waals surface area contributed by atoms with Crippen molar-refractivity contribution in [1.82, 2.24) is 24.6 Å². The Labute approximate surface area is 185 Å². The van der Waals surface area contributed by atoms with E-state index in [4.69, 9.17) is 4.42 Å². The van der Waals surface area contributed by atoms with E-state index < -0.39 is 0 Å². The standard InChI is InChI=1S/C23H23N5O2S/c1-17(18-7-4-3-5-8-18)27(2)21(29)16-31-23-26-25-22(19-10-12-24-13-11-19)28(23)15-20-9-6-14-30-20/h3-14,17H,15-16H2,1-2H3/t17-/m1/s1. The van der Waals surface area contributed by atoms with Crippen LogP contribution in [0.25, 0.3) is 11.4 Å². The minimum Gasteiger partial charge on any atom is -0.467 e. The van der Waals surface area contributed by atoms with Gasteiger partial charge < -0.3 is 9.32 Å². The summed E-state index contributed by atoms with van der Waals surface area (Å²) in [7, 11) is 1.83. The second kappa shape index (κ2) is 9.61. The lowest BCUT2D eigenvalue weighted by Gasteiger charge is -2.25. The van der Waals surface area contributed by atoms with Crippen LogP contribution in [0.4, 0.5) is 0 Å². The number of amides is 1. The molecular formula is C23H23N5O2S. The number of aromatic nitrogens is 4. The van der Waals surface area contributed by atoms with Gasteiger partial charge in [-0.05, 0) is 36.8 Å². The normalized spacial score (nSPS) is 11.9. The fraction of sp³-hybridized carbons (Fsp3) is 0.217. The predicted octanol–water partition coefficient (Wildman–Crippen LogP) is 4.29. The molecule has 0 saturated heterocycles. The Morgan fingerprint density at radius 2 is 1.87 bits per heavy atom. The Balaban J connectivity index is 1.51. The van der Waals surface area contributed by atoms with Gasteiger partial charge in [0, 0.05) is 25.0 Å². The molecule has 1 amide bonds. The lowest BCUT2D eigenvalue weighted by Crippen LogP contribution is -2.31. The van der Waals surface area contributed by atoms with Gasteiger partial charge in [0.1, 0.15) is 5.76 Å². The monoisotopic (exact) mass is 433 g/mol. The van der Waals surface area contributed by atoms with Gasteiger partial charge in [0.15, 0.2) is 11.0 Å². The van der Waals surface area contributed by atoms with Gasteiger partial charge in [0.25, 0.3) is 0 Å². The van der Waals surface area contributed by atoms with Crippen molar-refractivity contribution < 1.29 is 9.21 Å². The summed E-state index contributed by atoms with van der Waals surface area (Å²) in [4.78, 5) is 18.7. The minimum atomic E-state index is -0.0114. The zero-order valence-electron chi connectivity index (χ0n) is 17.4. The number of hydrogen-bond donors (Lipinski definition) is 0. The highest BCUT2D eigenvalue weighted by Crippen LogP contribution is 2.26. The Hall–Kier alpha value is -3.39. The molecule has 1 aromatic carbocycles. The van der Waals surface area contributed by atoms with E-state index >= 15 is 0 Å². The Kier molecular flexibility index (Phi) is 6.47. The molecular weight excluding hydrogens is 410 g/mol. The molecule has 0 radical (unpaired) electrons. The van der Waals surface area contributed by atoms with Crippen LogP contribution < -0.4 is 0 Å². The van der Waals surface area contributed by atoms with Crippen LogP contribution >= 0.6 is 11.8 Å². The molecule has 4 rings (SSSR count). The number of furan rings is 1. The summed E-state index contributed by atoms with van der Waals surface area (Å²) < 4.78 is 7.49. The second-order valence-electron chi connectivity index (χ2n) is 7.09. The molecule has 3 heterocycles. The van der Waals surface area contributed by atoms with Crippen molar-refractivity contribution in [2.75, 3.05) is 12.8 Å². The molecule has 8 heteroatoms. The average molecular weight is 434 g/mol. The second-order valence-corrected chi connectivity index (χ2v) is 8.03. The summed E-state index contributed by atoms with van der Waals surface area (Å²) >= 11 is 1.37. The van der Waals surface area contributed by atoms with E-state index in [-0.39, 0.29) is 17.7 Å². The highest BCUT2D eigenvalue weighted by molar-refractivity contribution is 7.99. The van der Waals surface area contributed by atoms with Gasteiger partial charge in [0.05, 0.1) is 24.6 Å². The number of benzene rings is 1. The molecule has 0 N–H and O–H groups in total. The van der Waals surface area contributed by atoms with Crippen LogP contribution in [0.3, 0.4) is 0 Å². The lowest BCUT2D eigenvalue weighted by molar-refractivity contribution is -0.128. The van der Waals surface area contributed by atoms with Gasteiger partial charge in [-0.15, -0.1) is 10.2 Å². The fourth-order valence-electron chi connectivity index (χ4n) is 3.21. The molecule has 4 aromatic rings. The van der Waals surface area contributed by atoms with E-state index in [9.17, 15) is 4.79 Å². The molecule has 0 unspecified atom stereocenters. The molecule has 0 spiro atoms. The average Bonchev–Trinajstić information content (AvgIpc) is 3.48. The molecule has 0 fully saturated rings. The summed E-state index contributed by atoms with van der Waals surface area (Å²) in [5, 5.41) is 9.38. The number of thioether (sulfide) groups is 1. The number of hydrogen-bond acceptors (Lipinski definition) is 6. The fourth-order valence-corrected chi connectivity index (χ4v) is 4.07. The first kappa shape index (κ1) is 20.9. The quantitative estimate of drug-likeness (QED) is 0.386. The zero-order valence-corrected chi connectivity index (χ0v) is 18.2. The topological polar surface area (TPSA) is 77.1 Å². The van der Waals surface area contributed by atoms with Crippen LogP contribution in [0.5, 0.6) is 0 Å². The van der Waals surface area contributed by atoms with Gasteiger partial charge >= 0.3 is 0 Å². The Morgan fingerprint density at radius 3 is 2.58 bits per heavy atom. The summed E-state index contributed by atoms with van der Waals surface area (Å²) in [5.41, 5.74) is 2.01. The van der Waals surface area contributed by atoms with Gasteiger partial charge in [-0.25, -0.2) is 0 Å². The third kappa shape index (κ3) is 4.86. The summed E-state index contributed by atoms with van der Waals surface area (Å²) in [6.45, 7) is 2.50. The first-order chi connectivity index (χ1) is 15.1. The number of pyridine rings is 1. The molecule has 0 aliphatic carbocycles. The zero-order chi connectivity index (χ0) is 21.6. The Morgan fingerprint density at radius 1 is 1.10 bits per heavy atom. The smallest absolute Gasteiger partial charge is 0.233 e. The van der Waals surface area contributed by atoms with E-state index in [1.807, 2.05) is 73.1 Å². The predicted molar refractivity (Wildman–Crippen MR) is 119 cm³/mol. The first-order valence-electron chi connectivity index (χ1n) is 9.93. The molecule has 0 aliphatic rings. The van der Waals surface area contributed by atoms with Gasteiger partial charge in [0.2, 0.25) is 5.91 Å². The summed E-state index contributed by atoms with van der Waals surface area (Å²) in [6.07, 6.45) is 5.08. The van der Waals surface area contributed by atoms with Crippen LogP contribution in [0, 0.1) is 0 Å². The van der Waals surface area contributed by atoms with Crippen molar-refractivity contribution in [1.29, 1.82) is 0 Å². The highest BCUT2D eigenvalue weighted by Gasteiger charge is 2.20. The molecule has 31 heavy (non-hydrogen) atoms. The van der Waals surface area contributed by atoms with Gasteiger partial charge in [-0.3, -0.25) is 14.3 Å². The lowest BCUT2D eigenvalue weighted by atomic mass is 10.1. The first-order valence-corrected chi connectivity index (χ1v) is 10.9. The third-order valence-electron chi connectivity index (χ3n) is 5.13. The number of carbonyl (C=O) groups excluding carboxylic acids is 1. The van der Waals surface area contributed by atoms with E-state index in [0.717, 1.165) is 16.9 Å². The molecule has 158 valence electrons. The van der Waals surface area contributed by atoms with Crippen molar-refractivity contribution in [3.63, 3.8) is 0 Å². The molecule has 1 atom stereocenters. The summed E-state index contributed by atoms with van der Waals surface area (Å²) in [6, 6.07) is 17.5. The van der Waals surface area contributed by atoms with Crippen molar-refractivity contribution >= 4 is 17.7 Å². The van der Waals surface area contributed by atoms with Crippen LogP contribution in [-0.2, 0) is 11.3 Å². The third-order valence-corrected chi connectivity index (χ3v) is 6.08. The molecule has 0 aliphatic heterocycles. The van der Waals surface area contributed by atoms with Gasteiger partial charge in [-0.1, -0.05) is 42.1 Å². The maximum absolute atomic E-state index is 12.9.